The number of likely N-dealkylation sites (N-methyl/N-ethyl adjacent to an activating group) is 1. The summed E-state index contributed by atoms with van der Waals surface area (Å²) in [4.78, 5) is 2.59. The molecule has 0 bridgehead atoms. The Morgan fingerprint density at radius 2 is 2.28 bits per heavy atom. The van der Waals surface area contributed by atoms with Crippen LogP contribution in [0.15, 0.2) is 22.7 Å². The van der Waals surface area contributed by atoms with Gasteiger partial charge in [-0.3, -0.25) is 4.90 Å². The van der Waals surface area contributed by atoms with Crippen LogP contribution < -0.4 is 5.32 Å². The number of aryl methyl sites for hydroxylation is 1. The minimum Gasteiger partial charge on any atom is -0.315 e. The third-order valence-corrected chi connectivity index (χ3v) is 4.67. The number of rotatable bonds is 4. The van der Waals surface area contributed by atoms with Gasteiger partial charge >= 0.3 is 0 Å². The fourth-order valence-corrected chi connectivity index (χ4v) is 3.04. The molecule has 1 saturated heterocycles. The largest absolute Gasteiger partial charge is 0.315 e. The SMILES string of the molecule is CCN(Cc1ccc(C)c(Br)c1)C1CCCNC1. The Balaban J connectivity index is 2.02. The number of nitrogens with one attached hydrogen (secondary N) is 1. The lowest BCUT2D eigenvalue weighted by atomic mass is 10.0. The van der Waals surface area contributed by atoms with Crippen LogP contribution in [0, 0.1) is 6.92 Å². The summed E-state index contributed by atoms with van der Waals surface area (Å²) in [5.74, 6) is 0. The average Bonchev–Trinajstić information content (AvgIpc) is 2.41. The molecule has 18 heavy (non-hydrogen) atoms. The second-order valence-electron chi connectivity index (χ2n) is 5.15. The third kappa shape index (κ3) is 3.56. The topological polar surface area (TPSA) is 15.3 Å². The first-order chi connectivity index (χ1) is 8.70. The van der Waals surface area contributed by atoms with Crippen LogP contribution in [-0.2, 0) is 6.54 Å². The second-order valence-corrected chi connectivity index (χ2v) is 6.00. The van der Waals surface area contributed by atoms with Crippen molar-refractivity contribution in [1.29, 1.82) is 0 Å². The molecule has 1 fully saturated rings. The Labute approximate surface area is 119 Å². The van der Waals surface area contributed by atoms with Crippen molar-refractivity contribution in [2.75, 3.05) is 19.6 Å². The minimum atomic E-state index is 0.698. The van der Waals surface area contributed by atoms with Gasteiger partial charge in [-0.15, -0.1) is 0 Å². The van der Waals surface area contributed by atoms with E-state index in [2.05, 4.69) is 58.2 Å². The summed E-state index contributed by atoms with van der Waals surface area (Å²) in [7, 11) is 0. The van der Waals surface area contributed by atoms with Gasteiger partial charge in [0.2, 0.25) is 0 Å². The van der Waals surface area contributed by atoms with Crippen LogP contribution in [0.2, 0.25) is 0 Å². The first kappa shape index (κ1) is 14.0. The van der Waals surface area contributed by atoms with Crippen molar-refractivity contribution in [3.05, 3.63) is 33.8 Å². The fraction of sp³-hybridized carbons (Fsp3) is 0.600. The van der Waals surface area contributed by atoms with E-state index in [1.807, 2.05) is 0 Å². The molecule has 0 aromatic heterocycles. The lowest BCUT2D eigenvalue weighted by Crippen LogP contribution is -2.45. The fourth-order valence-electron chi connectivity index (χ4n) is 2.61. The molecule has 0 amide bonds. The van der Waals surface area contributed by atoms with Gasteiger partial charge in [-0.1, -0.05) is 35.0 Å². The molecule has 1 aliphatic heterocycles. The van der Waals surface area contributed by atoms with Crippen molar-refractivity contribution < 1.29 is 0 Å². The van der Waals surface area contributed by atoms with Crippen molar-refractivity contribution in [1.82, 2.24) is 10.2 Å². The summed E-state index contributed by atoms with van der Waals surface area (Å²) in [5, 5.41) is 3.50. The molecule has 2 nitrogen and oxygen atoms in total. The van der Waals surface area contributed by atoms with E-state index in [1.165, 1.54) is 35.0 Å². The van der Waals surface area contributed by atoms with E-state index in [9.17, 15) is 0 Å². The van der Waals surface area contributed by atoms with E-state index in [1.54, 1.807) is 0 Å². The van der Waals surface area contributed by atoms with Crippen molar-refractivity contribution in [2.45, 2.75) is 39.3 Å². The summed E-state index contributed by atoms with van der Waals surface area (Å²) in [6.07, 6.45) is 2.63. The van der Waals surface area contributed by atoms with E-state index >= 15 is 0 Å². The highest BCUT2D eigenvalue weighted by atomic mass is 79.9. The maximum atomic E-state index is 3.62. The van der Waals surface area contributed by atoms with Gasteiger partial charge < -0.3 is 5.32 Å². The molecule has 3 heteroatoms. The van der Waals surface area contributed by atoms with Crippen molar-refractivity contribution in [3.63, 3.8) is 0 Å². The smallest absolute Gasteiger partial charge is 0.0237 e. The lowest BCUT2D eigenvalue weighted by molar-refractivity contribution is 0.166. The Bertz CT molecular complexity index is 386. The van der Waals surface area contributed by atoms with Crippen LogP contribution in [0.4, 0.5) is 0 Å². The minimum absolute atomic E-state index is 0.698. The molecule has 0 radical (unpaired) electrons. The standard InChI is InChI=1S/C15H23BrN2/c1-3-18(14-5-4-8-17-10-14)11-13-7-6-12(2)15(16)9-13/h6-7,9,14,17H,3-5,8,10-11H2,1-2H3. The Hall–Kier alpha value is -0.380. The highest BCUT2D eigenvalue weighted by molar-refractivity contribution is 9.10. The van der Waals surface area contributed by atoms with Crippen LogP contribution >= 0.6 is 15.9 Å². The van der Waals surface area contributed by atoms with Crippen molar-refractivity contribution in [2.24, 2.45) is 0 Å². The second kappa shape index (κ2) is 6.69. The van der Waals surface area contributed by atoms with Gasteiger partial charge in [-0.2, -0.15) is 0 Å². The van der Waals surface area contributed by atoms with Gasteiger partial charge in [-0.05, 0) is 50.0 Å². The summed E-state index contributed by atoms with van der Waals surface area (Å²) in [6, 6.07) is 7.41. The number of piperidine rings is 1. The molecule has 100 valence electrons. The lowest BCUT2D eigenvalue weighted by Gasteiger charge is -2.34. The number of hydrogen-bond acceptors (Lipinski definition) is 2. The van der Waals surface area contributed by atoms with Gasteiger partial charge in [0.05, 0.1) is 0 Å². The number of halogens is 1. The Morgan fingerprint density at radius 1 is 1.44 bits per heavy atom. The molecule has 2 rings (SSSR count). The van der Waals surface area contributed by atoms with Gasteiger partial charge in [0.15, 0.2) is 0 Å². The molecule has 1 aromatic rings. The average molecular weight is 311 g/mol. The van der Waals surface area contributed by atoms with E-state index in [-0.39, 0.29) is 0 Å². The van der Waals surface area contributed by atoms with E-state index in [0.29, 0.717) is 6.04 Å². The van der Waals surface area contributed by atoms with Crippen LogP contribution in [0.1, 0.15) is 30.9 Å². The predicted octanol–water partition coefficient (Wildman–Crippen LogP) is 3.33. The van der Waals surface area contributed by atoms with Crippen LogP contribution in [0.5, 0.6) is 0 Å². The van der Waals surface area contributed by atoms with E-state index in [4.69, 9.17) is 0 Å². The molecule has 1 heterocycles. The number of hydrogen-bond donors (Lipinski definition) is 1. The maximum absolute atomic E-state index is 3.62. The molecule has 1 aliphatic rings. The quantitative estimate of drug-likeness (QED) is 0.917. The van der Waals surface area contributed by atoms with E-state index in [0.717, 1.165) is 19.6 Å². The number of benzene rings is 1. The molecular formula is C15H23BrN2. The predicted molar refractivity (Wildman–Crippen MR) is 80.9 cm³/mol. The van der Waals surface area contributed by atoms with Crippen LogP contribution in [-0.4, -0.2) is 30.6 Å². The molecule has 0 aliphatic carbocycles. The Morgan fingerprint density at radius 3 is 2.89 bits per heavy atom. The highest BCUT2D eigenvalue weighted by Gasteiger charge is 2.19. The monoisotopic (exact) mass is 310 g/mol. The van der Waals surface area contributed by atoms with Gasteiger partial charge in [0, 0.05) is 23.6 Å². The molecule has 1 unspecified atom stereocenters. The molecule has 1 aromatic carbocycles. The normalized spacial score (nSPS) is 20.3. The Kier molecular flexibility index (Phi) is 5.22. The first-order valence-corrected chi connectivity index (χ1v) is 7.69. The molecule has 1 N–H and O–H groups in total. The zero-order chi connectivity index (χ0) is 13.0. The summed E-state index contributed by atoms with van der Waals surface area (Å²) >= 11 is 3.62. The van der Waals surface area contributed by atoms with Gasteiger partial charge in [0.1, 0.15) is 0 Å². The molecule has 0 saturated carbocycles. The first-order valence-electron chi connectivity index (χ1n) is 6.90. The van der Waals surface area contributed by atoms with E-state index < -0.39 is 0 Å². The van der Waals surface area contributed by atoms with Gasteiger partial charge in [-0.25, -0.2) is 0 Å². The highest BCUT2D eigenvalue weighted by Crippen LogP contribution is 2.20. The number of nitrogens with zero attached hydrogens (tertiary/aromatic N) is 1. The van der Waals surface area contributed by atoms with Crippen molar-refractivity contribution >= 4 is 15.9 Å². The summed E-state index contributed by atoms with van der Waals surface area (Å²) in [6.45, 7) is 8.90. The molecule has 1 atom stereocenters. The molecule has 0 spiro atoms. The maximum Gasteiger partial charge on any atom is 0.0237 e. The molecular weight excluding hydrogens is 288 g/mol. The van der Waals surface area contributed by atoms with Crippen LogP contribution in [0.25, 0.3) is 0 Å². The van der Waals surface area contributed by atoms with Crippen molar-refractivity contribution in [3.8, 4) is 0 Å². The zero-order valence-electron chi connectivity index (χ0n) is 11.4. The zero-order valence-corrected chi connectivity index (χ0v) is 13.0. The summed E-state index contributed by atoms with van der Waals surface area (Å²) in [5.41, 5.74) is 2.71. The van der Waals surface area contributed by atoms with Gasteiger partial charge in [0.25, 0.3) is 0 Å². The third-order valence-electron chi connectivity index (χ3n) is 3.82. The summed E-state index contributed by atoms with van der Waals surface area (Å²) < 4.78 is 1.22. The van der Waals surface area contributed by atoms with Crippen LogP contribution in [0.3, 0.4) is 0 Å².